The number of nitrogens with one attached hydrogen (secondary N) is 2. The van der Waals surface area contributed by atoms with Crippen molar-refractivity contribution in [1.82, 2.24) is 20.0 Å². The van der Waals surface area contributed by atoms with Gasteiger partial charge in [-0.3, -0.25) is 14.6 Å². The van der Waals surface area contributed by atoms with Gasteiger partial charge < -0.3 is 5.32 Å². The Morgan fingerprint density at radius 2 is 1.90 bits per heavy atom. The molecule has 2 N–H and O–H groups in total. The van der Waals surface area contributed by atoms with Crippen molar-refractivity contribution in [2.24, 2.45) is 0 Å². The number of halogens is 2. The largest absolute Gasteiger partial charge is 0.303 e. The highest BCUT2D eigenvalue weighted by Crippen LogP contribution is 2.23. The van der Waals surface area contributed by atoms with Crippen LogP contribution < -0.4 is 5.32 Å². The van der Waals surface area contributed by atoms with Crippen LogP contribution in [0.1, 0.15) is 21.6 Å². The first-order valence-corrected chi connectivity index (χ1v) is 10.1. The molecule has 6 nitrogen and oxygen atoms in total. The third kappa shape index (κ3) is 4.58. The van der Waals surface area contributed by atoms with Gasteiger partial charge in [0, 0.05) is 16.8 Å². The van der Waals surface area contributed by atoms with E-state index in [2.05, 4.69) is 36.5 Å². The molecule has 1 amide bonds. The van der Waals surface area contributed by atoms with Gasteiger partial charge in [0.2, 0.25) is 0 Å². The van der Waals surface area contributed by atoms with Gasteiger partial charge in [-0.15, -0.1) is 0 Å². The number of carbonyl (C=O) groups excluding carboxylic acids is 1. The minimum Gasteiger partial charge on any atom is -0.303 e. The van der Waals surface area contributed by atoms with Crippen molar-refractivity contribution in [2.45, 2.75) is 13.5 Å². The highest BCUT2D eigenvalue weighted by atomic mass is 79.9. The smallest absolute Gasteiger partial charge is 0.274 e. The Morgan fingerprint density at radius 3 is 2.62 bits per heavy atom. The normalized spacial score (nSPS) is 10.9. The second-order valence-corrected chi connectivity index (χ2v) is 7.93. The summed E-state index contributed by atoms with van der Waals surface area (Å²) in [5.74, 6) is 0.128. The molecule has 8 heteroatoms. The van der Waals surface area contributed by atoms with Crippen LogP contribution in [-0.4, -0.2) is 25.9 Å². The molecule has 0 saturated carbocycles. The average molecular weight is 471 g/mol. The lowest BCUT2D eigenvalue weighted by atomic mass is 10.1. The van der Waals surface area contributed by atoms with Crippen LogP contribution >= 0.6 is 27.5 Å². The third-order valence-corrected chi connectivity index (χ3v) is 5.21. The summed E-state index contributed by atoms with van der Waals surface area (Å²) in [5, 5.41) is 15.0. The summed E-state index contributed by atoms with van der Waals surface area (Å²) in [5.41, 5.74) is 4.24. The SMILES string of the molecule is Cc1ccc(-c2cc(C(=O)Nc3nn(Cc4ccc(Cl)cc4)cc3Br)[nH]n2)cc1. The van der Waals surface area contributed by atoms with E-state index in [0.717, 1.165) is 11.1 Å². The number of rotatable bonds is 5. The topological polar surface area (TPSA) is 75.6 Å². The first-order chi connectivity index (χ1) is 14.0. The van der Waals surface area contributed by atoms with E-state index in [1.54, 1.807) is 10.7 Å². The Bertz CT molecular complexity index is 1150. The van der Waals surface area contributed by atoms with Crippen LogP contribution in [0, 0.1) is 6.92 Å². The Balaban J connectivity index is 1.46. The predicted octanol–water partition coefficient (Wildman–Crippen LogP) is 5.30. The molecule has 0 saturated heterocycles. The third-order valence-electron chi connectivity index (χ3n) is 4.38. The lowest BCUT2D eigenvalue weighted by Crippen LogP contribution is -2.13. The molecule has 29 heavy (non-hydrogen) atoms. The van der Waals surface area contributed by atoms with Gasteiger partial charge in [0.05, 0.1) is 16.7 Å². The summed E-state index contributed by atoms with van der Waals surface area (Å²) in [6.45, 7) is 2.59. The number of hydrogen-bond acceptors (Lipinski definition) is 3. The summed E-state index contributed by atoms with van der Waals surface area (Å²) in [7, 11) is 0. The molecule has 4 rings (SSSR count). The molecule has 4 aromatic rings. The molecule has 2 heterocycles. The van der Waals surface area contributed by atoms with E-state index in [9.17, 15) is 4.79 Å². The van der Waals surface area contributed by atoms with Crippen molar-refractivity contribution in [3.8, 4) is 11.3 Å². The Morgan fingerprint density at radius 1 is 1.17 bits per heavy atom. The fraction of sp³-hybridized carbons (Fsp3) is 0.0952. The molecule has 2 aromatic carbocycles. The molecule has 0 atom stereocenters. The maximum atomic E-state index is 12.6. The van der Waals surface area contributed by atoms with E-state index < -0.39 is 0 Å². The van der Waals surface area contributed by atoms with Crippen molar-refractivity contribution in [1.29, 1.82) is 0 Å². The van der Waals surface area contributed by atoms with E-state index in [4.69, 9.17) is 11.6 Å². The fourth-order valence-electron chi connectivity index (χ4n) is 2.82. The zero-order valence-corrected chi connectivity index (χ0v) is 17.8. The predicted molar refractivity (Wildman–Crippen MR) is 117 cm³/mol. The van der Waals surface area contributed by atoms with Crippen molar-refractivity contribution in [3.63, 3.8) is 0 Å². The number of aryl methyl sites for hydroxylation is 1. The second kappa shape index (κ2) is 8.23. The van der Waals surface area contributed by atoms with Crippen LogP contribution in [0.4, 0.5) is 5.82 Å². The first kappa shape index (κ1) is 19.4. The van der Waals surface area contributed by atoms with Crippen molar-refractivity contribution in [3.05, 3.63) is 87.1 Å². The number of hydrogen-bond donors (Lipinski definition) is 2. The first-order valence-electron chi connectivity index (χ1n) is 8.89. The van der Waals surface area contributed by atoms with Crippen molar-refractivity contribution < 1.29 is 4.79 Å². The molecular formula is C21H17BrClN5O. The molecule has 0 aliphatic carbocycles. The van der Waals surface area contributed by atoms with Gasteiger partial charge in [0.25, 0.3) is 5.91 Å². The van der Waals surface area contributed by atoms with E-state index in [0.29, 0.717) is 33.2 Å². The Kier molecular flexibility index (Phi) is 5.51. The Hall–Kier alpha value is -2.90. The molecule has 0 aliphatic heterocycles. The van der Waals surface area contributed by atoms with Gasteiger partial charge in [-0.2, -0.15) is 10.2 Å². The van der Waals surface area contributed by atoms with Gasteiger partial charge >= 0.3 is 0 Å². The molecule has 0 bridgehead atoms. The average Bonchev–Trinajstić information content (AvgIpc) is 3.32. The molecule has 0 spiro atoms. The summed E-state index contributed by atoms with van der Waals surface area (Å²) >= 11 is 9.37. The van der Waals surface area contributed by atoms with E-state index in [1.807, 2.05) is 61.7 Å². The molecule has 0 radical (unpaired) electrons. The van der Waals surface area contributed by atoms with Crippen LogP contribution in [0.3, 0.4) is 0 Å². The van der Waals surface area contributed by atoms with Crippen LogP contribution in [0.5, 0.6) is 0 Å². The van der Waals surface area contributed by atoms with E-state index >= 15 is 0 Å². The molecule has 0 fully saturated rings. The van der Waals surface area contributed by atoms with Crippen LogP contribution in [0.2, 0.25) is 5.02 Å². The summed E-state index contributed by atoms with van der Waals surface area (Å²) in [6, 6.07) is 17.2. The lowest BCUT2D eigenvalue weighted by molar-refractivity contribution is 0.102. The standard InChI is InChI=1S/C21H17BrClN5O/c1-13-2-6-15(7-3-13)18-10-19(26-25-18)21(29)24-20-17(22)12-28(27-20)11-14-4-8-16(23)9-5-14/h2-10,12H,11H2,1H3,(H,25,26)(H,24,27,29). The van der Waals surface area contributed by atoms with Crippen LogP contribution in [0.15, 0.2) is 65.3 Å². The molecular weight excluding hydrogens is 454 g/mol. The fourth-order valence-corrected chi connectivity index (χ4v) is 3.37. The summed E-state index contributed by atoms with van der Waals surface area (Å²) in [6.07, 6.45) is 1.81. The number of carbonyl (C=O) groups is 1. The zero-order chi connectivity index (χ0) is 20.4. The number of aromatic amines is 1. The molecule has 2 aromatic heterocycles. The number of nitrogens with zero attached hydrogens (tertiary/aromatic N) is 3. The second-order valence-electron chi connectivity index (χ2n) is 6.64. The number of aromatic nitrogens is 4. The van der Waals surface area contributed by atoms with Crippen molar-refractivity contribution >= 4 is 39.3 Å². The molecule has 146 valence electrons. The number of anilines is 1. The quantitative estimate of drug-likeness (QED) is 0.416. The van der Waals surface area contributed by atoms with Crippen LogP contribution in [-0.2, 0) is 6.54 Å². The zero-order valence-electron chi connectivity index (χ0n) is 15.5. The van der Waals surface area contributed by atoms with E-state index in [1.165, 1.54) is 5.56 Å². The summed E-state index contributed by atoms with van der Waals surface area (Å²) in [4.78, 5) is 12.6. The van der Waals surface area contributed by atoms with Gasteiger partial charge in [0.15, 0.2) is 5.82 Å². The lowest BCUT2D eigenvalue weighted by Gasteiger charge is -2.02. The van der Waals surface area contributed by atoms with Gasteiger partial charge in [-0.1, -0.05) is 53.6 Å². The minimum atomic E-state index is -0.312. The molecule has 0 unspecified atom stereocenters. The monoisotopic (exact) mass is 469 g/mol. The van der Waals surface area contributed by atoms with Gasteiger partial charge in [0.1, 0.15) is 5.69 Å². The number of amides is 1. The highest BCUT2D eigenvalue weighted by molar-refractivity contribution is 9.10. The Labute approximate surface area is 181 Å². The minimum absolute atomic E-state index is 0.312. The van der Waals surface area contributed by atoms with Crippen LogP contribution in [0.25, 0.3) is 11.3 Å². The maximum absolute atomic E-state index is 12.6. The van der Waals surface area contributed by atoms with Gasteiger partial charge in [-0.05, 0) is 46.6 Å². The van der Waals surface area contributed by atoms with Crippen molar-refractivity contribution in [2.75, 3.05) is 5.32 Å². The molecule has 0 aliphatic rings. The highest BCUT2D eigenvalue weighted by Gasteiger charge is 2.15. The summed E-state index contributed by atoms with van der Waals surface area (Å²) < 4.78 is 2.44. The van der Waals surface area contributed by atoms with Gasteiger partial charge in [-0.25, -0.2) is 0 Å². The number of H-pyrrole nitrogens is 1. The van der Waals surface area contributed by atoms with E-state index in [-0.39, 0.29) is 5.91 Å². The number of benzene rings is 2. The maximum Gasteiger partial charge on any atom is 0.274 e.